The van der Waals surface area contributed by atoms with Gasteiger partial charge in [-0.1, -0.05) is 0 Å². The second kappa shape index (κ2) is 7.25. The van der Waals surface area contributed by atoms with Gasteiger partial charge in [0.05, 0.1) is 0 Å². The molecule has 3 N–H and O–H groups in total. The molecule has 1 aromatic heterocycles. The molecule has 1 saturated heterocycles. The second-order valence-electron chi connectivity index (χ2n) is 5.06. The first-order valence-corrected chi connectivity index (χ1v) is 6.93. The summed E-state index contributed by atoms with van der Waals surface area (Å²) in [6.45, 7) is 4.05. The predicted octanol–water partition coefficient (Wildman–Crippen LogP) is 0.614. The van der Waals surface area contributed by atoms with Crippen molar-refractivity contribution >= 4 is 11.6 Å². The molecular weight excluding hydrogens is 240 g/mol. The van der Waals surface area contributed by atoms with E-state index in [0.29, 0.717) is 6.04 Å². The number of likely N-dealkylation sites (N-methyl/N-ethyl adjacent to an activating group) is 2. The van der Waals surface area contributed by atoms with Gasteiger partial charge in [-0.15, -0.1) is 0 Å². The molecule has 6 heteroatoms. The zero-order chi connectivity index (χ0) is 13.5. The van der Waals surface area contributed by atoms with E-state index in [1.54, 1.807) is 6.33 Å². The van der Waals surface area contributed by atoms with E-state index in [4.69, 9.17) is 0 Å². The third kappa shape index (κ3) is 4.65. The van der Waals surface area contributed by atoms with Crippen LogP contribution in [0, 0.1) is 0 Å². The molecule has 0 aliphatic carbocycles. The van der Waals surface area contributed by atoms with Gasteiger partial charge in [0.2, 0.25) is 0 Å². The Morgan fingerprint density at radius 3 is 2.95 bits per heavy atom. The van der Waals surface area contributed by atoms with Gasteiger partial charge in [0, 0.05) is 31.7 Å². The first kappa shape index (κ1) is 14.0. The van der Waals surface area contributed by atoms with Crippen molar-refractivity contribution in [1.82, 2.24) is 20.2 Å². The van der Waals surface area contributed by atoms with Crippen molar-refractivity contribution < 1.29 is 0 Å². The number of aromatic nitrogens is 2. The van der Waals surface area contributed by atoms with E-state index in [-0.39, 0.29) is 0 Å². The minimum atomic E-state index is 0.485. The van der Waals surface area contributed by atoms with Gasteiger partial charge in [0.25, 0.3) is 0 Å². The summed E-state index contributed by atoms with van der Waals surface area (Å²) in [5, 5.41) is 9.86. The van der Waals surface area contributed by atoms with Crippen molar-refractivity contribution in [2.75, 3.05) is 50.9 Å². The quantitative estimate of drug-likeness (QED) is 0.655. The van der Waals surface area contributed by atoms with Crippen molar-refractivity contribution in [3.63, 3.8) is 0 Å². The second-order valence-corrected chi connectivity index (χ2v) is 5.06. The lowest BCUT2D eigenvalue weighted by Crippen LogP contribution is -2.39. The Bertz CT molecular complexity index is 383. The molecule has 1 unspecified atom stereocenters. The summed E-state index contributed by atoms with van der Waals surface area (Å²) >= 11 is 0. The Balaban J connectivity index is 1.87. The van der Waals surface area contributed by atoms with Crippen molar-refractivity contribution in [3.05, 3.63) is 12.4 Å². The average Bonchev–Trinajstić information content (AvgIpc) is 2.39. The van der Waals surface area contributed by atoms with Crippen LogP contribution < -0.4 is 16.0 Å². The number of piperidine rings is 1. The molecule has 1 atom stereocenters. The normalized spacial score (nSPS) is 20.2. The summed E-state index contributed by atoms with van der Waals surface area (Å²) in [5.74, 6) is 1.78. The highest BCUT2D eigenvalue weighted by Gasteiger charge is 2.17. The van der Waals surface area contributed by atoms with Crippen LogP contribution >= 0.6 is 0 Å². The Labute approximate surface area is 115 Å². The van der Waals surface area contributed by atoms with Crippen LogP contribution in [0.25, 0.3) is 0 Å². The van der Waals surface area contributed by atoms with Crippen molar-refractivity contribution in [2.24, 2.45) is 0 Å². The van der Waals surface area contributed by atoms with Crippen LogP contribution in [-0.2, 0) is 0 Å². The number of likely N-dealkylation sites (tertiary alicyclic amines) is 1. The number of hydrogen-bond acceptors (Lipinski definition) is 6. The highest BCUT2D eigenvalue weighted by molar-refractivity contribution is 5.47. The van der Waals surface area contributed by atoms with E-state index >= 15 is 0 Å². The maximum Gasteiger partial charge on any atom is 0.131 e. The number of nitrogens with zero attached hydrogens (tertiary/aromatic N) is 3. The van der Waals surface area contributed by atoms with E-state index in [0.717, 1.165) is 31.3 Å². The molecule has 0 saturated carbocycles. The maximum atomic E-state index is 4.29. The van der Waals surface area contributed by atoms with Gasteiger partial charge in [-0.05, 0) is 33.5 Å². The third-order valence-electron chi connectivity index (χ3n) is 3.32. The molecule has 2 heterocycles. The van der Waals surface area contributed by atoms with Crippen LogP contribution in [0.5, 0.6) is 0 Å². The Hall–Kier alpha value is -1.40. The Morgan fingerprint density at radius 1 is 1.32 bits per heavy atom. The minimum Gasteiger partial charge on any atom is -0.369 e. The van der Waals surface area contributed by atoms with Gasteiger partial charge in [0.15, 0.2) is 0 Å². The molecule has 0 aromatic carbocycles. The van der Waals surface area contributed by atoms with Crippen molar-refractivity contribution in [2.45, 2.75) is 18.9 Å². The van der Waals surface area contributed by atoms with Crippen LogP contribution in [0.3, 0.4) is 0 Å². The van der Waals surface area contributed by atoms with Gasteiger partial charge in [0.1, 0.15) is 18.0 Å². The van der Waals surface area contributed by atoms with Crippen molar-refractivity contribution in [3.8, 4) is 0 Å². The van der Waals surface area contributed by atoms with Gasteiger partial charge < -0.3 is 20.9 Å². The molecule has 2 rings (SSSR count). The van der Waals surface area contributed by atoms with E-state index in [2.05, 4.69) is 37.9 Å². The lowest BCUT2D eigenvalue weighted by molar-refractivity contribution is 0.261. The molecule has 1 aliphatic heterocycles. The Morgan fingerprint density at radius 2 is 2.16 bits per heavy atom. The fraction of sp³-hybridized carbons (Fsp3) is 0.692. The highest BCUT2D eigenvalue weighted by Crippen LogP contribution is 2.15. The summed E-state index contributed by atoms with van der Waals surface area (Å²) in [5.41, 5.74) is 0. The molecule has 19 heavy (non-hydrogen) atoms. The summed E-state index contributed by atoms with van der Waals surface area (Å²) in [4.78, 5) is 10.9. The number of hydrogen-bond donors (Lipinski definition) is 3. The molecular formula is C13H24N6. The maximum absolute atomic E-state index is 4.29. The van der Waals surface area contributed by atoms with Crippen LogP contribution in [0.2, 0.25) is 0 Å². The van der Waals surface area contributed by atoms with Crippen LogP contribution in [0.15, 0.2) is 12.4 Å². The molecule has 1 fully saturated rings. The molecule has 1 aromatic rings. The smallest absolute Gasteiger partial charge is 0.131 e. The molecule has 0 radical (unpaired) electrons. The number of anilines is 2. The molecule has 6 nitrogen and oxygen atoms in total. The molecule has 1 aliphatic rings. The molecule has 0 spiro atoms. The summed E-state index contributed by atoms with van der Waals surface area (Å²) in [6.07, 6.45) is 4.06. The predicted molar refractivity (Wildman–Crippen MR) is 78.6 cm³/mol. The topological polar surface area (TPSA) is 65.1 Å². The van der Waals surface area contributed by atoms with E-state index in [1.807, 2.05) is 13.1 Å². The van der Waals surface area contributed by atoms with Crippen LogP contribution in [0.4, 0.5) is 11.6 Å². The Kier molecular flexibility index (Phi) is 5.35. The lowest BCUT2D eigenvalue weighted by Gasteiger charge is -2.30. The average molecular weight is 264 g/mol. The highest BCUT2D eigenvalue weighted by atomic mass is 15.2. The summed E-state index contributed by atoms with van der Waals surface area (Å²) in [7, 11) is 4.10. The molecule has 106 valence electrons. The monoisotopic (exact) mass is 264 g/mol. The zero-order valence-corrected chi connectivity index (χ0v) is 11.8. The molecule has 0 amide bonds. The van der Waals surface area contributed by atoms with E-state index < -0.39 is 0 Å². The van der Waals surface area contributed by atoms with Crippen molar-refractivity contribution in [1.29, 1.82) is 0 Å². The number of nitrogens with one attached hydrogen (secondary N) is 3. The van der Waals surface area contributed by atoms with Gasteiger partial charge >= 0.3 is 0 Å². The molecule has 0 bridgehead atoms. The zero-order valence-electron chi connectivity index (χ0n) is 11.8. The van der Waals surface area contributed by atoms with E-state index in [1.165, 1.54) is 19.4 Å². The fourth-order valence-corrected chi connectivity index (χ4v) is 2.34. The van der Waals surface area contributed by atoms with Crippen LogP contribution in [0.1, 0.15) is 12.8 Å². The number of rotatable bonds is 6. The van der Waals surface area contributed by atoms with Gasteiger partial charge in [-0.25, -0.2) is 9.97 Å². The fourth-order valence-electron chi connectivity index (χ4n) is 2.34. The SMILES string of the molecule is CNCCNc1cc(NC2CCCN(C)C2)ncn1. The van der Waals surface area contributed by atoms with Gasteiger partial charge in [-0.2, -0.15) is 0 Å². The van der Waals surface area contributed by atoms with Crippen LogP contribution in [-0.4, -0.2) is 61.2 Å². The standard InChI is InChI=1S/C13H24N6/c1-14-5-6-15-12-8-13(17-10-16-12)18-11-4-3-7-19(2)9-11/h8,10-11,14H,3-7,9H2,1-2H3,(H2,15,16,17,18). The first-order valence-electron chi connectivity index (χ1n) is 6.93. The van der Waals surface area contributed by atoms with Gasteiger partial charge in [-0.3, -0.25) is 0 Å². The summed E-state index contributed by atoms with van der Waals surface area (Å²) < 4.78 is 0. The minimum absolute atomic E-state index is 0.485. The third-order valence-corrected chi connectivity index (χ3v) is 3.32. The summed E-state index contributed by atoms with van der Waals surface area (Å²) in [6, 6.07) is 2.46. The van der Waals surface area contributed by atoms with E-state index in [9.17, 15) is 0 Å². The first-order chi connectivity index (χ1) is 9.28. The largest absolute Gasteiger partial charge is 0.369 e. The lowest BCUT2D eigenvalue weighted by atomic mass is 10.1.